The summed E-state index contributed by atoms with van der Waals surface area (Å²) >= 11 is 5.89. The van der Waals surface area contributed by atoms with Gasteiger partial charge in [0.25, 0.3) is 11.6 Å². The SMILES string of the molecule is Nn1cnnc1N/N=C\c1cc([N+](=O)[O-])ccc1Cl. The van der Waals surface area contributed by atoms with E-state index in [0.717, 1.165) is 4.68 Å². The van der Waals surface area contributed by atoms with E-state index in [1.54, 1.807) is 0 Å². The number of nitrogen functional groups attached to an aromatic ring is 1. The number of nitrogens with one attached hydrogen (secondary N) is 1. The van der Waals surface area contributed by atoms with Crippen molar-refractivity contribution in [2.75, 3.05) is 11.3 Å². The Labute approximate surface area is 111 Å². The zero-order valence-electron chi connectivity index (χ0n) is 9.39. The molecule has 0 aliphatic heterocycles. The Morgan fingerprint density at radius 1 is 1.58 bits per heavy atom. The number of halogens is 1. The number of hydrogen-bond donors (Lipinski definition) is 2. The molecule has 0 saturated heterocycles. The lowest BCUT2D eigenvalue weighted by atomic mass is 10.2. The van der Waals surface area contributed by atoms with Crippen LogP contribution in [0.25, 0.3) is 0 Å². The minimum Gasteiger partial charge on any atom is -0.335 e. The first kappa shape index (κ1) is 12.8. The Morgan fingerprint density at radius 3 is 3.00 bits per heavy atom. The van der Waals surface area contributed by atoms with Gasteiger partial charge in [-0.3, -0.25) is 10.1 Å². The van der Waals surface area contributed by atoms with Crippen molar-refractivity contribution in [2.24, 2.45) is 5.10 Å². The van der Waals surface area contributed by atoms with Crippen LogP contribution in [0.5, 0.6) is 0 Å². The van der Waals surface area contributed by atoms with Crippen molar-refractivity contribution in [3.63, 3.8) is 0 Å². The first-order chi connectivity index (χ1) is 9.08. The highest BCUT2D eigenvalue weighted by Gasteiger charge is 2.08. The van der Waals surface area contributed by atoms with E-state index in [1.165, 1.54) is 30.7 Å². The molecule has 0 aliphatic carbocycles. The summed E-state index contributed by atoms with van der Waals surface area (Å²) in [6, 6.07) is 4.04. The third-order valence-electron chi connectivity index (χ3n) is 2.13. The van der Waals surface area contributed by atoms with Crippen LogP contribution in [0, 0.1) is 10.1 Å². The van der Waals surface area contributed by atoms with Crippen molar-refractivity contribution in [1.29, 1.82) is 0 Å². The minimum absolute atomic E-state index is 0.0761. The van der Waals surface area contributed by atoms with Crippen molar-refractivity contribution in [2.45, 2.75) is 0 Å². The molecule has 0 fully saturated rings. The number of hydrogen-bond acceptors (Lipinski definition) is 7. The van der Waals surface area contributed by atoms with Crippen molar-refractivity contribution in [3.05, 3.63) is 45.2 Å². The van der Waals surface area contributed by atoms with Crippen LogP contribution >= 0.6 is 11.6 Å². The zero-order valence-corrected chi connectivity index (χ0v) is 10.2. The van der Waals surface area contributed by atoms with Gasteiger partial charge < -0.3 is 5.84 Å². The first-order valence-corrected chi connectivity index (χ1v) is 5.34. The third kappa shape index (κ3) is 2.96. The average molecular weight is 282 g/mol. The lowest BCUT2D eigenvalue weighted by Crippen LogP contribution is -2.10. The predicted molar refractivity (Wildman–Crippen MR) is 69.5 cm³/mol. The lowest BCUT2D eigenvalue weighted by Gasteiger charge is -1.99. The van der Waals surface area contributed by atoms with Crippen LogP contribution in [-0.4, -0.2) is 26.0 Å². The van der Waals surface area contributed by atoms with E-state index < -0.39 is 4.92 Å². The molecule has 1 aromatic heterocycles. The number of aromatic nitrogens is 3. The molecule has 2 aromatic rings. The number of nitrogens with zero attached hydrogens (tertiary/aromatic N) is 5. The smallest absolute Gasteiger partial charge is 0.270 e. The summed E-state index contributed by atoms with van der Waals surface area (Å²) in [6.45, 7) is 0. The van der Waals surface area contributed by atoms with Crippen LogP contribution in [0.3, 0.4) is 0 Å². The summed E-state index contributed by atoms with van der Waals surface area (Å²) in [5.41, 5.74) is 2.84. The quantitative estimate of drug-likeness (QED) is 0.373. The minimum atomic E-state index is -0.516. The summed E-state index contributed by atoms with van der Waals surface area (Å²) in [7, 11) is 0. The molecule has 0 amide bonds. The molecule has 0 spiro atoms. The summed E-state index contributed by atoms with van der Waals surface area (Å²) in [5.74, 6) is 5.67. The topological polar surface area (TPSA) is 124 Å². The summed E-state index contributed by atoms with van der Waals surface area (Å²) < 4.78 is 1.13. The molecule has 9 nitrogen and oxygen atoms in total. The molecule has 2 rings (SSSR count). The number of nitrogens with two attached hydrogens (primary N) is 1. The van der Waals surface area contributed by atoms with E-state index in [0.29, 0.717) is 10.6 Å². The molecular formula is C9H8ClN7O2. The Bertz CT molecular complexity index is 639. The fourth-order valence-electron chi connectivity index (χ4n) is 1.23. The van der Waals surface area contributed by atoms with E-state index in [2.05, 4.69) is 20.7 Å². The van der Waals surface area contributed by atoms with Crippen LogP contribution in [0.1, 0.15) is 5.56 Å². The number of nitro benzene ring substituents is 1. The van der Waals surface area contributed by atoms with Crippen LogP contribution in [0.15, 0.2) is 29.6 Å². The van der Waals surface area contributed by atoms with E-state index in [9.17, 15) is 10.1 Å². The van der Waals surface area contributed by atoms with Gasteiger partial charge in [-0.1, -0.05) is 11.6 Å². The summed E-state index contributed by atoms with van der Waals surface area (Å²) in [4.78, 5) is 10.1. The normalized spacial score (nSPS) is 10.8. The van der Waals surface area contributed by atoms with Gasteiger partial charge in [0.15, 0.2) is 0 Å². The van der Waals surface area contributed by atoms with Crippen molar-refractivity contribution in [3.8, 4) is 0 Å². The second kappa shape index (κ2) is 5.31. The predicted octanol–water partition coefficient (Wildman–Crippen LogP) is 0.999. The molecule has 1 heterocycles. The number of anilines is 1. The maximum atomic E-state index is 10.6. The molecule has 0 bridgehead atoms. The van der Waals surface area contributed by atoms with Gasteiger partial charge in [0.1, 0.15) is 6.33 Å². The van der Waals surface area contributed by atoms with Gasteiger partial charge in [0.2, 0.25) is 0 Å². The highest BCUT2D eigenvalue weighted by molar-refractivity contribution is 6.33. The molecule has 19 heavy (non-hydrogen) atoms. The number of non-ortho nitro benzene ring substituents is 1. The van der Waals surface area contributed by atoms with Gasteiger partial charge in [-0.15, -0.1) is 10.2 Å². The molecule has 0 aliphatic rings. The number of rotatable bonds is 4. The van der Waals surface area contributed by atoms with Crippen molar-refractivity contribution >= 4 is 29.5 Å². The number of benzene rings is 1. The molecule has 1 aromatic carbocycles. The second-order valence-corrected chi connectivity index (χ2v) is 3.80. The second-order valence-electron chi connectivity index (χ2n) is 3.39. The maximum absolute atomic E-state index is 10.6. The highest BCUT2D eigenvalue weighted by atomic mass is 35.5. The lowest BCUT2D eigenvalue weighted by molar-refractivity contribution is -0.384. The van der Waals surface area contributed by atoms with Gasteiger partial charge >= 0.3 is 0 Å². The summed E-state index contributed by atoms with van der Waals surface area (Å²) in [5, 5.41) is 22.0. The monoisotopic (exact) mass is 281 g/mol. The van der Waals surface area contributed by atoms with E-state index >= 15 is 0 Å². The van der Waals surface area contributed by atoms with Crippen LogP contribution in [-0.2, 0) is 0 Å². The molecule has 0 saturated carbocycles. The molecule has 0 radical (unpaired) electrons. The third-order valence-corrected chi connectivity index (χ3v) is 2.48. The fraction of sp³-hybridized carbons (Fsp3) is 0. The highest BCUT2D eigenvalue weighted by Crippen LogP contribution is 2.20. The van der Waals surface area contributed by atoms with Gasteiger partial charge in [-0.05, 0) is 6.07 Å². The summed E-state index contributed by atoms with van der Waals surface area (Å²) in [6.07, 6.45) is 2.61. The van der Waals surface area contributed by atoms with Gasteiger partial charge in [0.05, 0.1) is 11.1 Å². The van der Waals surface area contributed by atoms with Crippen LogP contribution in [0.2, 0.25) is 5.02 Å². The average Bonchev–Trinajstić information content (AvgIpc) is 2.77. The van der Waals surface area contributed by atoms with Gasteiger partial charge in [0, 0.05) is 22.7 Å². The molecule has 3 N–H and O–H groups in total. The van der Waals surface area contributed by atoms with E-state index in [1.807, 2.05) is 0 Å². The molecule has 10 heteroatoms. The molecule has 0 unspecified atom stereocenters. The largest absolute Gasteiger partial charge is 0.335 e. The van der Waals surface area contributed by atoms with Crippen molar-refractivity contribution < 1.29 is 4.92 Å². The Hall–Kier alpha value is -2.68. The van der Waals surface area contributed by atoms with Gasteiger partial charge in [-0.2, -0.15) is 5.10 Å². The first-order valence-electron chi connectivity index (χ1n) is 4.96. The molecular weight excluding hydrogens is 274 g/mol. The molecule has 98 valence electrons. The molecule has 0 atom stereocenters. The van der Waals surface area contributed by atoms with Crippen LogP contribution < -0.4 is 11.3 Å². The van der Waals surface area contributed by atoms with Crippen molar-refractivity contribution in [1.82, 2.24) is 14.9 Å². The maximum Gasteiger partial charge on any atom is 0.270 e. The fourth-order valence-corrected chi connectivity index (χ4v) is 1.39. The van der Waals surface area contributed by atoms with Gasteiger partial charge in [-0.25, -0.2) is 10.1 Å². The van der Waals surface area contributed by atoms with Crippen LogP contribution in [0.4, 0.5) is 11.6 Å². The Balaban J connectivity index is 2.16. The van der Waals surface area contributed by atoms with E-state index in [-0.39, 0.29) is 11.6 Å². The number of hydrazone groups is 1. The number of nitro groups is 1. The Kier molecular flexibility index (Phi) is 3.57. The zero-order chi connectivity index (χ0) is 13.8. The van der Waals surface area contributed by atoms with E-state index in [4.69, 9.17) is 17.4 Å². The standard InChI is InChI=1S/C9H8ClN7O2/c10-8-2-1-7(17(18)19)3-6(8)4-12-14-9-15-13-5-16(9)11/h1-5H,11H2,(H,14,15)/b12-4-. The Morgan fingerprint density at radius 2 is 2.37 bits per heavy atom.